The summed E-state index contributed by atoms with van der Waals surface area (Å²) in [5.41, 5.74) is 1.94. The maximum Gasteiger partial charge on any atom is 0.264 e. The van der Waals surface area contributed by atoms with Crippen LogP contribution in [0.15, 0.2) is 30.3 Å². The van der Waals surface area contributed by atoms with Crippen LogP contribution in [0.2, 0.25) is 5.02 Å². The molecule has 1 atom stereocenters. The van der Waals surface area contributed by atoms with Crippen LogP contribution >= 0.6 is 22.9 Å². The summed E-state index contributed by atoms with van der Waals surface area (Å²) in [4.78, 5) is 17.0. The average molecular weight is 446 g/mol. The van der Waals surface area contributed by atoms with Crippen molar-refractivity contribution in [2.24, 2.45) is 5.92 Å². The van der Waals surface area contributed by atoms with Crippen LogP contribution in [0.4, 0.5) is 0 Å². The Morgan fingerprint density at radius 3 is 2.90 bits per heavy atom. The summed E-state index contributed by atoms with van der Waals surface area (Å²) in [6.07, 6.45) is 1.84. The molecule has 0 spiro atoms. The molecule has 30 heavy (non-hydrogen) atoms. The first-order chi connectivity index (χ1) is 14.6. The van der Waals surface area contributed by atoms with Crippen molar-refractivity contribution in [3.63, 3.8) is 0 Å². The van der Waals surface area contributed by atoms with E-state index in [1.165, 1.54) is 11.3 Å². The zero-order valence-electron chi connectivity index (χ0n) is 16.8. The SMILES string of the molecule is Cc1nn(Cc2ccccc2Cl)c2sc(C(=O)N3CCCC(C4OCCO4)C3)cc12. The molecule has 0 N–H and O–H groups in total. The molecule has 158 valence electrons. The lowest BCUT2D eigenvalue weighted by Gasteiger charge is -2.34. The number of hydrogen-bond acceptors (Lipinski definition) is 5. The van der Waals surface area contributed by atoms with E-state index in [4.69, 9.17) is 21.1 Å². The van der Waals surface area contributed by atoms with Crippen molar-refractivity contribution >= 4 is 39.1 Å². The van der Waals surface area contributed by atoms with Crippen LogP contribution in [0, 0.1) is 12.8 Å². The molecule has 6 nitrogen and oxygen atoms in total. The Morgan fingerprint density at radius 2 is 2.10 bits per heavy atom. The average Bonchev–Trinajstić information content (AvgIpc) is 3.49. The van der Waals surface area contributed by atoms with Crippen molar-refractivity contribution in [2.75, 3.05) is 26.3 Å². The van der Waals surface area contributed by atoms with Gasteiger partial charge in [-0.05, 0) is 37.5 Å². The van der Waals surface area contributed by atoms with Crippen molar-refractivity contribution in [3.8, 4) is 0 Å². The van der Waals surface area contributed by atoms with Gasteiger partial charge in [-0.1, -0.05) is 29.8 Å². The monoisotopic (exact) mass is 445 g/mol. The van der Waals surface area contributed by atoms with E-state index in [0.29, 0.717) is 26.3 Å². The lowest BCUT2D eigenvalue weighted by Crippen LogP contribution is -2.43. The number of rotatable bonds is 4. The fourth-order valence-corrected chi connectivity index (χ4v) is 5.66. The van der Waals surface area contributed by atoms with Gasteiger partial charge < -0.3 is 14.4 Å². The minimum Gasteiger partial charge on any atom is -0.350 e. The molecular formula is C22H24ClN3O3S. The molecule has 0 radical (unpaired) electrons. The van der Waals surface area contributed by atoms with Crippen LogP contribution in [0.25, 0.3) is 10.2 Å². The predicted molar refractivity (Wildman–Crippen MR) is 117 cm³/mol. The molecule has 2 aromatic heterocycles. The van der Waals surface area contributed by atoms with Gasteiger partial charge in [0, 0.05) is 29.4 Å². The standard InChI is InChI=1S/C22H24ClN3O3S/c1-14-17-11-19(20(27)25-8-4-6-16(12-25)22-28-9-10-29-22)30-21(17)26(24-14)13-15-5-2-3-7-18(15)23/h2-3,5,7,11,16,22H,4,6,8-10,12-13H2,1H3. The van der Waals surface area contributed by atoms with Crippen LogP contribution in [-0.4, -0.2) is 53.2 Å². The molecule has 2 aliphatic rings. The van der Waals surface area contributed by atoms with E-state index in [-0.39, 0.29) is 18.1 Å². The minimum atomic E-state index is -0.172. The number of ether oxygens (including phenoxy) is 2. The number of amides is 1. The zero-order chi connectivity index (χ0) is 20.7. The highest BCUT2D eigenvalue weighted by atomic mass is 35.5. The Hall–Kier alpha value is -1.93. The smallest absolute Gasteiger partial charge is 0.264 e. The first kappa shape index (κ1) is 20.0. The quantitative estimate of drug-likeness (QED) is 0.599. The number of likely N-dealkylation sites (tertiary alicyclic amines) is 1. The van der Waals surface area contributed by atoms with E-state index >= 15 is 0 Å². The second kappa shape index (κ2) is 8.30. The number of carbonyl (C=O) groups is 1. The molecule has 2 aliphatic heterocycles. The minimum absolute atomic E-state index is 0.0857. The lowest BCUT2D eigenvalue weighted by molar-refractivity contribution is -0.0968. The van der Waals surface area contributed by atoms with E-state index in [2.05, 4.69) is 5.10 Å². The lowest BCUT2D eigenvalue weighted by atomic mass is 9.97. The molecule has 4 heterocycles. The largest absolute Gasteiger partial charge is 0.350 e. The van der Waals surface area contributed by atoms with Crippen molar-refractivity contribution in [2.45, 2.75) is 32.6 Å². The molecule has 0 bridgehead atoms. The van der Waals surface area contributed by atoms with Crippen molar-refractivity contribution in [1.29, 1.82) is 0 Å². The highest BCUT2D eigenvalue weighted by Gasteiger charge is 2.33. The maximum absolute atomic E-state index is 13.3. The van der Waals surface area contributed by atoms with E-state index in [9.17, 15) is 4.79 Å². The summed E-state index contributed by atoms with van der Waals surface area (Å²) < 4.78 is 13.3. The number of fused-ring (bicyclic) bond motifs is 1. The number of aryl methyl sites for hydroxylation is 1. The summed E-state index contributed by atoms with van der Waals surface area (Å²) in [7, 11) is 0. The molecule has 3 aromatic rings. The van der Waals surface area contributed by atoms with Crippen LogP contribution in [0.1, 0.15) is 33.8 Å². The van der Waals surface area contributed by atoms with Gasteiger partial charge in [-0.2, -0.15) is 5.10 Å². The topological polar surface area (TPSA) is 56.6 Å². The molecule has 2 fully saturated rings. The fourth-order valence-electron chi connectivity index (χ4n) is 4.33. The van der Waals surface area contributed by atoms with Gasteiger partial charge >= 0.3 is 0 Å². The number of hydrogen-bond donors (Lipinski definition) is 0. The number of thiophene rings is 1. The molecule has 2 saturated heterocycles. The third-order valence-corrected chi connectivity index (χ3v) is 7.38. The number of halogens is 1. The third-order valence-electron chi connectivity index (χ3n) is 5.87. The summed E-state index contributed by atoms with van der Waals surface area (Å²) in [6, 6.07) is 9.78. The number of nitrogens with zero attached hydrogens (tertiary/aromatic N) is 3. The van der Waals surface area contributed by atoms with Crippen molar-refractivity contribution in [1.82, 2.24) is 14.7 Å². The number of benzene rings is 1. The molecule has 1 amide bonds. The first-order valence-electron chi connectivity index (χ1n) is 10.3. The maximum atomic E-state index is 13.3. The molecule has 0 saturated carbocycles. The Kier molecular flexibility index (Phi) is 5.54. The highest BCUT2D eigenvalue weighted by molar-refractivity contribution is 7.20. The second-order valence-electron chi connectivity index (χ2n) is 7.93. The number of carbonyl (C=O) groups excluding carboxylic acids is 1. The Balaban J connectivity index is 1.38. The first-order valence-corrected chi connectivity index (χ1v) is 11.5. The molecule has 1 unspecified atom stereocenters. The predicted octanol–water partition coefficient (Wildman–Crippen LogP) is 4.33. The number of piperidine rings is 1. The summed E-state index contributed by atoms with van der Waals surface area (Å²) in [5.74, 6) is 0.333. The van der Waals surface area contributed by atoms with Crippen LogP contribution in [0.5, 0.6) is 0 Å². The Morgan fingerprint density at radius 1 is 1.30 bits per heavy atom. The number of aromatic nitrogens is 2. The third kappa shape index (κ3) is 3.75. The van der Waals surface area contributed by atoms with Gasteiger partial charge in [0.25, 0.3) is 5.91 Å². The van der Waals surface area contributed by atoms with E-state index in [1.807, 2.05) is 46.8 Å². The van der Waals surface area contributed by atoms with Gasteiger partial charge in [-0.15, -0.1) is 11.3 Å². The van der Waals surface area contributed by atoms with Crippen molar-refractivity contribution < 1.29 is 14.3 Å². The summed E-state index contributed by atoms with van der Waals surface area (Å²) in [6.45, 7) is 5.32. The summed E-state index contributed by atoms with van der Waals surface area (Å²) >= 11 is 7.85. The van der Waals surface area contributed by atoms with Crippen LogP contribution in [0.3, 0.4) is 0 Å². The molecule has 8 heteroatoms. The summed E-state index contributed by atoms with van der Waals surface area (Å²) in [5, 5.41) is 6.43. The van der Waals surface area contributed by atoms with Gasteiger partial charge in [-0.3, -0.25) is 9.48 Å². The molecule has 1 aromatic carbocycles. The van der Waals surface area contributed by atoms with Crippen LogP contribution < -0.4 is 0 Å². The van der Waals surface area contributed by atoms with E-state index < -0.39 is 0 Å². The zero-order valence-corrected chi connectivity index (χ0v) is 18.4. The van der Waals surface area contributed by atoms with Gasteiger partial charge in [0.05, 0.1) is 30.3 Å². The molecule has 5 rings (SSSR count). The van der Waals surface area contributed by atoms with Crippen molar-refractivity contribution in [3.05, 3.63) is 51.5 Å². The Labute approximate surface area is 184 Å². The van der Waals surface area contributed by atoms with Gasteiger partial charge in [0.1, 0.15) is 4.83 Å². The highest BCUT2D eigenvalue weighted by Crippen LogP contribution is 2.32. The fraction of sp³-hybridized carbons (Fsp3) is 0.455. The second-order valence-corrected chi connectivity index (χ2v) is 9.37. The Bertz CT molecular complexity index is 1070. The molecular weight excluding hydrogens is 422 g/mol. The normalized spacial score (nSPS) is 20.3. The van der Waals surface area contributed by atoms with E-state index in [1.54, 1.807) is 0 Å². The van der Waals surface area contributed by atoms with Gasteiger partial charge in [0.15, 0.2) is 6.29 Å². The van der Waals surface area contributed by atoms with Gasteiger partial charge in [0.2, 0.25) is 0 Å². The van der Waals surface area contributed by atoms with Gasteiger partial charge in [-0.25, -0.2) is 0 Å². The van der Waals surface area contributed by atoms with E-state index in [0.717, 1.165) is 50.8 Å². The van der Waals surface area contributed by atoms with Crippen LogP contribution in [-0.2, 0) is 16.0 Å². The molecule has 0 aliphatic carbocycles.